The van der Waals surface area contributed by atoms with Crippen LogP contribution in [0.5, 0.6) is 5.88 Å². The second kappa shape index (κ2) is 8.16. The summed E-state index contributed by atoms with van der Waals surface area (Å²) in [7, 11) is 1.55. The average molecular weight is 389 g/mol. The Hall–Kier alpha value is -2.64. The second-order valence-corrected chi connectivity index (χ2v) is 6.30. The van der Waals surface area contributed by atoms with Crippen LogP contribution in [0, 0.1) is 6.92 Å². The van der Waals surface area contributed by atoms with E-state index in [2.05, 4.69) is 20.6 Å². The van der Waals surface area contributed by atoms with Crippen LogP contribution in [0.4, 0.5) is 5.95 Å². The molecule has 134 valence electrons. The summed E-state index contributed by atoms with van der Waals surface area (Å²) in [5.41, 5.74) is 1.74. The maximum absolute atomic E-state index is 5.90. The van der Waals surface area contributed by atoms with Gasteiger partial charge in [-0.05, 0) is 55.5 Å². The summed E-state index contributed by atoms with van der Waals surface area (Å²) in [6.07, 6.45) is 0. The molecule has 0 aliphatic rings. The van der Waals surface area contributed by atoms with Gasteiger partial charge in [-0.1, -0.05) is 11.6 Å². The Bertz CT molecular complexity index is 912. The largest absolute Gasteiger partial charge is 0.481 e. The van der Waals surface area contributed by atoms with Crippen LogP contribution in [0.2, 0.25) is 5.02 Å². The predicted octanol–water partition coefficient (Wildman–Crippen LogP) is 4.19. The Morgan fingerprint density at radius 1 is 1.19 bits per heavy atom. The highest BCUT2D eigenvalue weighted by atomic mass is 35.5. The maximum atomic E-state index is 5.90. The minimum Gasteiger partial charge on any atom is -0.481 e. The van der Waals surface area contributed by atoms with Gasteiger partial charge in [0.05, 0.1) is 13.7 Å². The van der Waals surface area contributed by atoms with Crippen molar-refractivity contribution in [1.82, 2.24) is 15.3 Å². The van der Waals surface area contributed by atoms with Crippen LogP contribution in [0.1, 0.15) is 11.5 Å². The van der Waals surface area contributed by atoms with Crippen LogP contribution in [-0.4, -0.2) is 22.2 Å². The van der Waals surface area contributed by atoms with Gasteiger partial charge in [-0.2, -0.15) is 4.98 Å². The number of hydrogen-bond acceptors (Lipinski definition) is 5. The first kappa shape index (κ1) is 18.2. The van der Waals surface area contributed by atoms with Gasteiger partial charge in [0.25, 0.3) is 0 Å². The van der Waals surface area contributed by atoms with E-state index < -0.39 is 0 Å². The summed E-state index contributed by atoms with van der Waals surface area (Å²) in [5.74, 6) is 2.37. The Balaban J connectivity index is 1.58. The number of furan rings is 1. The lowest BCUT2D eigenvalue weighted by Gasteiger charge is -2.09. The fourth-order valence-electron chi connectivity index (χ4n) is 2.26. The van der Waals surface area contributed by atoms with Gasteiger partial charge in [-0.15, -0.1) is 0 Å². The molecule has 8 heteroatoms. The molecule has 0 saturated carbocycles. The van der Waals surface area contributed by atoms with Crippen LogP contribution in [0.3, 0.4) is 0 Å². The van der Waals surface area contributed by atoms with Crippen LogP contribution >= 0.6 is 23.8 Å². The standard InChI is InChI=1S/C18H17ClN4O2S/c1-11-9-16(24-2)22-17(21-11)23-18(26)20-10-14-7-8-15(25-14)12-3-5-13(19)6-4-12/h3-9H,10H2,1-2H3,(H2,20,21,22,23,26). The highest BCUT2D eigenvalue weighted by molar-refractivity contribution is 7.80. The quantitative estimate of drug-likeness (QED) is 0.635. The van der Waals surface area contributed by atoms with Gasteiger partial charge in [0.2, 0.25) is 11.8 Å². The molecule has 0 radical (unpaired) electrons. The number of nitrogens with one attached hydrogen (secondary N) is 2. The van der Waals surface area contributed by atoms with E-state index in [1.165, 1.54) is 0 Å². The van der Waals surface area contributed by atoms with Crippen molar-refractivity contribution < 1.29 is 9.15 Å². The molecule has 0 aliphatic carbocycles. The highest BCUT2D eigenvalue weighted by Gasteiger charge is 2.07. The van der Waals surface area contributed by atoms with Crippen LogP contribution in [0.25, 0.3) is 11.3 Å². The normalized spacial score (nSPS) is 10.4. The first-order valence-electron chi connectivity index (χ1n) is 7.82. The number of methoxy groups -OCH3 is 1. The number of benzene rings is 1. The molecule has 0 bridgehead atoms. The second-order valence-electron chi connectivity index (χ2n) is 5.46. The zero-order valence-corrected chi connectivity index (χ0v) is 15.8. The molecule has 0 aliphatic heterocycles. The van der Waals surface area contributed by atoms with Gasteiger partial charge in [0.15, 0.2) is 5.11 Å². The van der Waals surface area contributed by atoms with Crippen LogP contribution in [0.15, 0.2) is 46.9 Å². The number of aromatic nitrogens is 2. The third kappa shape index (κ3) is 4.71. The van der Waals surface area contributed by atoms with Crippen molar-refractivity contribution in [2.24, 2.45) is 0 Å². The Kier molecular flexibility index (Phi) is 5.70. The van der Waals surface area contributed by atoms with E-state index in [-0.39, 0.29) is 0 Å². The first-order chi connectivity index (χ1) is 12.5. The molecule has 0 atom stereocenters. The molecule has 0 amide bonds. The van der Waals surface area contributed by atoms with Gasteiger partial charge < -0.3 is 19.8 Å². The predicted molar refractivity (Wildman–Crippen MR) is 106 cm³/mol. The number of rotatable bonds is 5. The molecule has 3 aromatic rings. The summed E-state index contributed by atoms with van der Waals surface area (Å²) in [5, 5.41) is 7.08. The Labute approximate surface area is 161 Å². The van der Waals surface area contributed by atoms with Crippen molar-refractivity contribution in [3.63, 3.8) is 0 Å². The summed E-state index contributed by atoms with van der Waals surface area (Å²) in [6, 6.07) is 13.0. The minimum absolute atomic E-state index is 0.376. The van der Waals surface area contributed by atoms with E-state index in [1.54, 1.807) is 13.2 Å². The van der Waals surface area contributed by atoms with Crippen molar-refractivity contribution in [3.8, 4) is 17.2 Å². The molecule has 0 fully saturated rings. The third-order valence-electron chi connectivity index (χ3n) is 3.48. The van der Waals surface area contributed by atoms with Crippen molar-refractivity contribution in [3.05, 3.63) is 58.9 Å². The van der Waals surface area contributed by atoms with Crippen LogP contribution < -0.4 is 15.4 Å². The highest BCUT2D eigenvalue weighted by Crippen LogP contribution is 2.23. The van der Waals surface area contributed by atoms with Gasteiger partial charge >= 0.3 is 0 Å². The van der Waals surface area contributed by atoms with E-state index in [0.29, 0.717) is 28.5 Å². The SMILES string of the molecule is COc1cc(C)nc(NC(=S)NCc2ccc(-c3ccc(Cl)cc3)o2)n1. The monoisotopic (exact) mass is 388 g/mol. The van der Waals surface area contributed by atoms with E-state index in [1.807, 2.05) is 43.3 Å². The number of anilines is 1. The Morgan fingerprint density at radius 2 is 1.96 bits per heavy atom. The maximum Gasteiger partial charge on any atom is 0.232 e. The molecular weight excluding hydrogens is 372 g/mol. The zero-order chi connectivity index (χ0) is 18.5. The molecule has 0 unspecified atom stereocenters. The summed E-state index contributed by atoms with van der Waals surface area (Å²) < 4.78 is 10.9. The van der Waals surface area contributed by atoms with E-state index in [9.17, 15) is 0 Å². The average Bonchev–Trinajstić information content (AvgIpc) is 3.09. The van der Waals surface area contributed by atoms with Gasteiger partial charge in [0, 0.05) is 22.3 Å². The molecule has 0 saturated heterocycles. The number of ether oxygens (including phenoxy) is 1. The van der Waals surface area contributed by atoms with Gasteiger partial charge in [-0.3, -0.25) is 0 Å². The first-order valence-corrected chi connectivity index (χ1v) is 8.61. The van der Waals surface area contributed by atoms with E-state index in [4.69, 9.17) is 33.0 Å². The lowest BCUT2D eigenvalue weighted by Crippen LogP contribution is -2.28. The fourth-order valence-corrected chi connectivity index (χ4v) is 2.54. The molecule has 26 heavy (non-hydrogen) atoms. The molecule has 2 aromatic heterocycles. The smallest absolute Gasteiger partial charge is 0.232 e. The number of aryl methyl sites for hydroxylation is 1. The van der Waals surface area contributed by atoms with Crippen molar-refractivity contribution in [1.29, 1.82) is 0 Å². The van der Waals surface area contributed by atoms with E-state index in [0.717, 1.165) is 22.8 Å². The molecule has 0 spiro atoms. The third-order valence-corrected chi connectivity index (χ3v) is 3.98. The molecule has 6 nitrogen and oxygen atoms in total. The lowest BCUT2D eigenvalue weighted by molar-refractivity contribution is 0.397. The number of halogens is 1. The number of hydrogen-bond donors (Lipinski definition) is 2. The summed E-state index contributed by atoms with van der Waals surface area (Å²) in [6.45, 7) is 2.29. The fraction of sp³-hybridized carbons (Fsp3) is 0.167. The molecule has 2 heterocycles. The van der Waals surface area contributed by atoms with E-state index >= 15 is 0 Å². The Morgan fingerprint density at radius 3 is 2.69 bits per heavy atom. The topological polar surface area (TPSA) is 72.2 Å². The van der Waals surface area contributed by atoms with Crippen molar-refractivity contribution in [2.75, 3.05) is 12.4 Å². The van der Waals surface area contributed by atoms with Crippen molar-refractivity contribution in [2.45, 2.75) is 13.5 Å². The van der Waals surface area contributed by atoms with Gasteiger partial charge in [0.1, 0.15) is 11.5 Å². The summed E-state index contributed by atoms with van der Waals surface area (Å²) in [4.78, 5) is 8.46. The molecule has 3 rings (SSSR count). The molecule has 1 aromatic carbocycles. The molecule has 2 N–H and O–H groups in total. The zero-order valence-electron chi connectivity index (χ0n) is 14.2. The molecular formula is C18H17ClN4O2S. The van der Waals surface area contributed by atoms with Crippen molar-refractivity contribution >= 4 is 34.9 Å². The van der Waals surface area contributed by atoms with Gasteiger partial charge in [-0.25, -0.2) is 4.98 Å². The summed E-state index contributed by atoms with van der Waals surface area (Å²) >= 11 is 11.2. The minimum atomic E-state index is 0.376. The number of thiocarbonyl (C=S) groups is 1. The lowest BCUT2D eigenvalue weighted by atomic mass is 10.2. The number of nitrogens with zero attached hydrogens (tertiary/aromatic N) is 2. The van der Waals surface area contributed by atoms with Crippen LogP contribution in [-0.2, 0) is 6.54 Å².